The summed E-state index contributed by atoms with van der Waals surface area (Å²) in [4.78, 5) is 11.4. The largest absolute Gasteiger partial charge is 0.473 e. The van der Waals surface area contributed by atoms with Gasteiger partial charge in [0.05, 0.1) is 30.2 Å². The van der Waals surface area contributed by atoms with Crippen molar-refractivity contribution in [1.82, 2.24) is 18.8 Å². The molecule has 3 N–H and O–H groups in total. The SMILES string of the molecule is COC(=O)CCc1nsnc1OCC(O)CNCCNS(=O)(=O)c1ccc(C)cc1. The lowest BCUT2D eigenvalue weighted by Gasteiger charge is -2.13. The van der Waals surface area contributed by atoms with Gasteiger partial charge in [-0.1, -0.05) is 17.7 Å². The molecular formula is C18H26N4O6S2. The summed E-state index contributed by atoms with van der Waals surface area (Å²) in [6.07, 6.45) is -0.316. The van der Waals surface area contributed by atoms with Gasteiger partial charge in [-0.2, -0.15) is 4.37 Å². The molecule has 1 heterocycles. The molecule has 0 radical (unpaired) electrons. The van der Waals surface area contributed by atoms with Crippen LogP contribution in [-0.2, 0) is 26.0 Å². The molecule has 1 aromatic heterocycles. The number of aromatic nitrogens is 2. The molecule has 0 fully saturated rings. The van der Waals surface area contributed by atoms with Gasteiger partial charge >= 0.3 is 5.97 Å². The van der Waals surface area contributed by atoms with Crippen molar-refractivity contribution in [1.29, 1.82) is 0 Å². The molecule has 0 saturated heterocycles. The Hall–Kier alpha value is -2.12. The maximum atomic E-state index is 12.2. The molecule has 30 heavy (non-hydrogen) atoms. The van der Waals surface area contributed by atoms with Crippen LogP contribution in [-0.4, -0.2) is 67.7 Å². The van der Waals surface area contributed by atoms with E-state index in [1.807, 2.05) is 6.92 Å². The third kappa shape index (κ3) is 7.95. The first-order valence-corrected chi connectivity index (χ1v) is 11.5. The smallest absolute Gasteiger partial charge is 0.305 e. The molecule has 1 unspecified atom stereocenters. The van der Waals surface area contributed by atoms with Crippen molar-refractivity contribution in [2.45, 2.75) is 30.8 Å². The number of nitrogens with one attached hydrogen (secondary N) is 2. The Morgan fingerprint density at radius 2 is 1.97 bits per heavy atom. The molecule has 1 atom stereocenters. The summed E-state index contributed by atoms with van der Waals surface area (Å²) in [5, 5.41) is 13.0. The fraction of sp³-hybridized carbons (Fsp3) is 0.500. The van der Waals surface area contributed by atoms with Gasteiger partial charge < -0.3 is 19.9 Å². The number of esters is 1. The van der Waals surface area contributed by atoms with Crippen LogP contribution in [0.1, 0.15) is 17.7 Å². The van der Waals surface area contributed by atoms with E-state index in [0.717, 1.165) is 17.3 Å². The van der Waals surface area contributed by atoms with Crippen molar-refractivity contribution in [2.24, 2.45) is 0 Å². The first-order chi connectivity index (χ1) is 14.3. The van der Waals surface area contributed by atoms with Gasteiger partial charge in [0.2, 0.25) is 15.9 Å². The molecule has 0 amide bonds. The number of aryl methyl sites for hydroxylation is 2. The summed E-state index contributed by atoms with van der Waals surface area (Å²) >= 11 is 0.963. The van der Waals surface area contributed by atoms with Gasteiger partial charge in [-0.3, -0.25) is 4.79 Å². The number of nitrogens with zero attached hydrogens (tertiary/aromatic N) is 2. The zero-order valence-electron chi connectivity index (χ0n) is 16.8. The minimum Gasteiger partial charge on any atom is -0.473 e. The molecule has 12 heteroatoms. The summed E-state index contributed by atoms with van der Waals surface area (Å²) < 4.78 is 45.0. The lowest BCUT2D eigenvalue weighted by Crippen LogP contribution is -2.37. The van der Waals surface area contributed by atoms with E-state index in [0.29, 0.717) is 18.7 Å². The molecule has 0 bridgehead atoms. The minimum atomic E-state index is -3.56. The van der Waals surface area contributed by atoms with Crippen molar-refractivity contribution in [3.05, 3.63) is 35.5 Å². The molecule has 166 valence electrons. The fourth-order valence-electron chi connectivity index (χ4n) is 2.36. The molecule has 2 rings (SSSR count). The van der Waals surface area contributed by atoms with Crippen molar-refractivity contribution in [3.8, 4) is 5.88 Å². The first kappa shape index (κ1) is 24.2. The van der Waals surface area contributed by atoms with Crippen molar-refractivity contribution in [3.63, 3.8) is 0 Å². The zero-order chi connectivity index (χ0) is 22.0. The first-order valence-electron chi connectivity index (χ1n) is 9.28. The number of ether oxygens (including phenoxy) is 2. The predicted molar refractivity (Wildman–Crippen MR) is 111 cm³/mol. The standard InChI is InChI=1S/C18H26N4O6S2/c1-13-3-5-15(6-4-13)30(25,26)20-10-9-19-11-14(23)12-28-18-16(21-29-22-18)7-8-17(24)27-2/h3-6,14,19-20,23H,7-12H2,1-2H3. The van der Waals surface area contributed by atoms with Crippen LogP contribution in [0.4, 0.5) is 0 Å². The van der Waals surface area contributed by atoms with E-state index >= 15 is 0 Å². The maximum Gasteiger partial charge on any atom is 0.305 e. The molecular weight excluding hydrogens is 432 g/mol. The quantitative estimate of drug-likeness (QED) is 0.285. The summed E-state index contributed by atoms with van der Waals surface area (Å²) in [5.41, 5.74) is 1.52. The van der Waals surface area contributed by atoms with Crippen LogP contribution in [0.5, 0.6) is 5.88 Å². The Labute approximate surface area is 180 Å². The van der Waals surface area contributed by atoms with Gasteiger partial charge in [-0.15, -0.1) is 4.37 Å². The number of rotatable bonds is 13. The Morgan fingerprint density at radius 3 is 2.67 bits per heavy atom. The molecule has 0 aliphatic carbocycles. The second kappa shape index (κ2) is 11.9. The van der Waals surface area contributed by atoms with Gasteiger partial charge in [0.15, 0.2) is 0 Å². The highest BCUT2D eigenvalue weighted by Crippen LogP contribution is 2.17. The maximum absolute atomic E-state index is 12.2. The number of methoxy groups -OCH3 is 1. The topological polar surface area (TPSA) is 140 Å². The van der Waals surface area contributed by atoms with Crippen LogP contribution >= 0.6 is 11.7 Å². The summed E-state index contributed by atoms with van der Waals surface area (Å²) in [6, 6.07) is 6.59. The Bertz CT molecular complexity index is 902. The summed E-state index contributed by atoms with van der Waals surface area (Å²) in [5.74, 6) is -0.0648. The highest BCUT2D eigenvalue weighted by molar-refractivity contribution is 7.89. The number of hydrogen-bond acceptors (Lipinski definition) is 10. The van der Waals surface area contributed by atoms with Gasteiger partial charge in [0, 0.05) is 26.1 Å². The Morgan fingerprint density at radius 1 is 1.23 bits per heavy atom. The minimum absolute atomic E-state index is 0.0151. The van der Waals surface area contributed by atoms with Crippen molar-refractivity contribution < 1.29 is 27.8 Å². The lowest BCUT2D eigenvalue weighted by molar-refractivity contribution is -0.140. The molecule has 10 nitrogen and oxygen atoms in total. The average molecular weight is 459 g/mol. The van der Waals surface area contributed by atoms with Crippen LogP contribution in [0.3, 0.4) is 0 Å². The normalized spacial score (nSPS) is 12.5. The van der Waals surface area contributed by atoms with Crippen molar-refractivity contribution >= 4 is 27.7 Å². The van der Waals surface area contributed by atoms with E-state index in [4.69, 9.17) is 4.74 Å². The average Bonchev–Trinajstić information content (AvgIpc) is 3.17. The van der Waals surface area contributed by atoms with Crippen LogP contribution in [0.25, 0.3) is 0 Å². The molecule has 0 saturated carbocycles. The van der Waals surface area contributed by atoms with E-state index in [9.17, 15) is 18.3 Å². The van der Waals surface area contributed by atoms with Gasteiger partial charge in [0.1, 0.15) is 18.4 Å². The number of carbonyl (C=O) groups is 1. The van der Waals surface area contributed by atoms with Crippen molar-refractivity contribution in [2.75, 3.05) is 33.4 Å². The fourth-order valence-corrected chi connectivity index (χ4v) is 3.93. The van der Waals surface area contributed by atoms with E-state index in [-0.39, 0.29) is 42.9 Å². The molecule has 0 spiro atoms. The second-order valence-corrected chi connectivity index (χ2v) is 8.77. The van der Waals surface area contributed by atoms with E-state index in [2.05, 4.69) is 23.5 Å². The predicted octanol–water partition coefficient (Wildman–Crippen LogP) is 0.260. The summed E-state index contributed by atoms with van der Waals surface area (Å²) in [6.45, 7) is 2.60. The van der Waals surface area contributed by atoms with Crippen LogP contribution in [0.2, 0.25) is 0 Å². The Balaban J connectivity index is 1.65. The van der Waals surface area contributed by atoms with E-state index < -0.39 is 16.1 Å². The highest BCUT2D eigenvalue weighted by atomic mass is 32.2. The summed E-state index contributed by atoms with van der Waals surface area (Å²) in [7, 11) is -2.24. The number of hydrogen-bond donors (Lipinski definition) is 3. The number of aliphatic hydroxyl groups is 1. The van der Waals surface area contributed by atoms with E-state index in [1.54, 1.807) is 24.3 Å². The van der Waals surface area contributed by atoms with Crippen LogP contribution in [0.15, 0.2) is 29.2 Å². The number of aliphatic hydroxyl groups excluding tert-OH is 1. The number of benzene rings is 1. The monoisotopic (exact) mass is 458 g/mol. The van der Waals surface area contributed by atoms with Crippen LogP contribution < -0.4 is 14.8 Å². The molecule has 0 aliphatic heterocycles. The van der Waals surface area contributed by atoms with Gasteiger partial charge in [0.25, 0.3) is 0 Å². The van der Waals surface area contributed by atoms with Gasteiger partial charge in [-0.05, 0) is 19.1 Å². The molecule has 0 aliphatic rings. The number of carbonyl (C=O) groups excluding carboxylic acids is 1. The van der Waals surface area contributed by atoms with E-state index in [1.165, 1.54) is 7.11 Å². The zero-order valence-corrected chi connectivity index (χ0v) is 18.5. The third-order valence-corrected chi connectivity index (χ3v) is 6.06. The second-order valence-electron chi connectivity index (χ2n) is 6.47. The number of sulfonamides is 1. The molecule has 2 aromatic rings. The Kier molecular flexibility index (Phi) is 9.59. The lowest BCUT2D eigenvalue weighted by atomic mass is 10.2. The van der Waals surface area contributed by atoms with Gasteiger partial charge in [-0.25, -0.2) is 13.1 Å². The molecule has 1 aromatic carbocycles. The highest BCUT2D eigenvalue weighted by Gasteiger charge is 2.15. The third-order valence-electron chi connectivity index (χ3n) is 4.03. The van der Waals surface area contributed by atoms with Crippen LogP contribution in [0, 0.1) is 6.92 Å².